The molecule has 5 rings (SSSR count). The van der Waals surface area contributed by atoms with E-state index >= 15 is 0 Å². The molecule has 3 aromatic rings. The number of anilines is 1. The molecule has 0 spiro atoms. The third-order valence-corrected chi connectivity index (χ3v) is 8.15. The molecule has 10 heteroatoms. The number of esters is 1. The molecule has 2 aliphatic heterocycles. The third kappa shape index (κ3) is 5.75. The number of ether oxygens (including phenoxy) is 3. The Morgan fingerprint density at radius 1 is 1.05 bits per heavy atom. The summed E-state index contributed by atoms with van der Waals surface area (Å²) in [6.07, 6.45) is -0.181. The minimum Gasteiger partial charge on any atom is -0.496 e. The molecule has 0 aliphatic carbocycles. The minimum absolute atomic E-state index is 0.101. The second-order valence-electron chi connectivity index (χ2n) is 11.4. The van der Waals surface area contributed by atoms with Crippen molar-refractivity contribution < 1.29 is 32.6 Å². The summed E-state index contributed by atoms with van der Waals surface area (Å²) in [7, 11) is 2.96. The Balaban J connectivity index is 1.54. The highest BCUT2D eigenvalue weighted by atomic mass is 19.1. The fourth-order valence-electron chi connectivity index (χ4n) is 5.51. The zero-order valence-electron chi connectivity index (χ0n) is 24.4. The highest BCUT2D eigenvalue weighted by molar-refractivity contribution is 5.77. The molecule has 222 valence electrons. The first-order valence-corrected chi connectivity index (χ1v) is 13.9. The van der Waals surface area contributed by atoms with Crippen LogP contribution in [0.1, 0.15) is 56.5 Å². The number of carbonyl (C=O) groups is 2. The van der Waals surface area contributed by atoms with Crippen LogP contribution < -0.4 is 9.64 Å². The number of pyridine rings is 1. The van der Waals surface area contributed by atoms with Crippen molar-refractivity contribution in [2.75, 3.05) is 32.2 Å². The first-order valence-electron chi connectivity index (χ1n) is 13.9. The monoisotopic (exact) mass is 579 g/mol. The number of methoxy groups -OCH3 is 2. The maximum Gasteiger partial charge on any atom is 0.411 e. The Hall–Kier alpha value is -4.21. The molecule has 2 aliphatic rings. The second kappa shape index (κ2) is 11.6. The average molecular weight is 580 g/mol. The van der Waals surface area contributed by atoms with Crippen LogP contribution >= 0.6 is 0 Å². The van der Waals surface area contributed by atoms with Gasteiger partial charge in [0.15, 0.2) is 0 Å². The summed E-state index contributed by atoms with van der Waals surface area (Å²) < 4.78 is 44.2. The Bertz CT molecular complexity index is 1490. The van der Waals surface area contributed by atoms with E-state index in [0.29, 0.717) is 11.4 Å². The highest BCUT2D eigenvalue weighted by Crippen LogP contribution is 2.40. The molecule has 0 saturated carbocycles. The number of cyclic esters (lactones) is 1. The van der Waals surface area contributed by atoms with Crippen molar-refractivity contribution >= 4 is 17.9 Å². The van der Waals surface area contributed by atoms with Crippen LogP contribution in [0.25, 0.3) is 11.1 Å². The molecule has 1 amide bonds. The molecule has 1 aromatic heterocycles. The van der Waals surface area contributed by atoms with Crippen LogP contribution in [0.3, 0.4) is 0 Å². The smallest absolute Gasteiger partial charge is 0.411 e. The van der Waals surface area contributed by atoms with Crippen molar-refractivity contribution in [3.63, 3.8) is 0 Å². The largest absolute Gasteiger partial charge is 0.496 e. The SMILES string of the molecule is COC(=O)CC(C)(C)c1ccc(OC)c(-c2ccc(N3CCC3)nc2CN2C(=O)OC(c3cc(F)cc(F)c3)C2C)c1. The lowest BCUT2D eigenvalue weighted by Crippen LogP contribution is -2.38. The Kier molecular flexibility index (Phi) is 8.08. The third-order valence-electron chi connectivity index (χ3n) is 8.15. The molecule has 0 N–H and O–H groups in total. The lowest BCUT2D eigenvalue weighted by molar-refractivity contribution is -0.141. The number of hydrogen-bond acceptors (Lipinski definition) is 7. The molecule has 2 fully saturated rings. The van der Waals surface area contributed by atoms with E-state index in [9.17, 15) is 18.4 Å². The van der Waals surface area contributed by atoms with E-state index in [0.717, 1.165) is 48.1 Å². The lowest BCUT2D eigenvalue weighted by Gasteiger charge is -2.33. The predicted octanol–water partition coefficient (Wildman–Crippen LogP) is 6.17. The zero-order valence-corrected chi connectivity index (χ0v) is 24.4. The molecule has 8 nitrogen and oxygen atoms in total. The average Bonchev–Trinajstić information content (AvgIpc) is 3.19. The zero-order chi connectivity index (χ0) is 30.2. The number of hydrogen-bond donors (Lipinski definition) is 0. The van der Waals surface area contributed by atoms with Gasteiger partial charge in [-0.05, 0) is 55.3 Å². The van der Waals surface area contributed by atoms with Crippen LogP contribution in [0.4, 0.5) is 19.4 Å². The molecule has 2 saturated heterocycles. The summed E-state index contributed by atoms with van der Waals surface area (Å²) in [6, 6.07) is 12.3. The van der Waals surface area contributed by atoms with Gasteiger partial charge in [-0.3, -0.25) is 9.69 Å². The Labute approximate surface area is 244 Å². The summed E-state index contributed by atoms with van der Waals surface area (Å²) in [5.41, 5.74) is 2.77. The van der Waals surface area contributed by atoms with Gasteiger partial charge in [0.05, 0.1) is 38.9 Å². The van der Waals surface area contributed by atoms with Gasteiger partial charge in [-0.1, -0.05) is 19.9 Å². The molecule has 0 radical (unpaired) electrons. The van der Waals surface area contributed by atoms with Gasteiger partial charge in [0.1, 0.15) is 29.3 Å². The van der Waals surface area contributed by atoms with Gasteiger partial charge in [-0.2, -0.15) is 0 Å². The van der Waals surface area contributed by atoms with Crippen molar-refractivity contribution in [1.29, 1.82) is 0 Å². The van der Waals surface area contributed by atoms with E-state index in [4.69, 9.17) is 19.2 Å². The molecule has 42 heavy (non-hydrogen) atoms. The molecule has 3 heterocycles. The van der Waals surface area contributed by atoms with Gasteiger partial charge in [0.25, 0.3) is 0 Å². The van der Waals surface area contributed by atoms with Crippen molar-refractivity contribution in [3.8, 4) is 16.9 Å². The summed E-state index contributed by atoms with van der Waals surface area (Å²) in [5, 5.41) is 0. The predicted molar refractivity (Wildman–Crippen MR) is 153 cm³/mol. The molecule has 2 atom stereocenters. The fourth-order valence-corrected chi connectivity index (χ4v) is 5.51. The summed E-state index contributed by atoms with van der Waals surface area (Å²) in [6.45, 7) is 7.61. The maximum atomic E-state index is 14.0. The standard InChI is InChI=1S/C32H35F2N3O5/c1-19-30(20-13-22(33)16-23(34)14-20)42-31(39)37(19)18-26-24(8-10-28(35-26)36-11-6-12-36)25-15-21(7-9-27(25)40-4)32(2,3)17-29(38)41-5/h7-10,13-16,19,30H,6,11-12,17-18H2,1-5H3. The van der Waals surface area contributed by atoms with Crippen LogP contribution in [0.5, 0.6) is 5.75 Å². The van der Waals surface area contributed by atoms with Crippen molar-refractivity contribution in [3.05, 3.63) is 77.0 Å². The van der Waals surface area contributed by atoms with Gasteiger partial charge < -0.3 is 19.1 Å². The quantitative estimate of drug-likeness (QED) is 0.281. The molecular formula is C32H35F2N3O5. The lowest BCUT2D eigenvalue weighted by atomic mass is 9.80. The minimum atomic E-state index is -0.846. The molecular weight excluding hydrogens is 544 g/mol. The molecule has 2 unspecified atom stereocenters. The van der Waals surface area contributed by atoms with Crippen molar-refractivity contribution in [1.82, 2.24) is 9.88 Å². The maximum absolute atomic E-state index is 14.0. The summed E-state index contributed by atoms with van der Waals surface area (Å²) in [4.78, 5) is 33.9. The first-order chi connectivity index (χ1) is 20.0. The fraction of sp³-hybridized carbons (Fsp3) is 0.406. The van der Waals surface area contributed by atoms with E-state index in [1.807, 2.05) is 44.2 Å². The number of halogens is 2. The molecule has 0 bridgehead atoms. The highest BCUT2D eigenvalue weighted by Gasteiger charge is 2.41. The van der Waals surface area contributed by atoms with Crippen LogP contribution in [0.2, 0.25) is 0 Å². The number of benzene rings is 2. The normalized spacial score (nSPS) is 18.5. The van der Waals surface area contributed by atoms with Crippen molar-refractivity contribution in [2.45, 2.75) is 57.7 Å². The van der Waals surface area contributed by atoms with Gasteiger partial charge >= 0.3 is 12.1 Å². The number of amides is 1. The van der Waals surface area contributed by atoms with Crippen molar-refractivity contribution in [2.24, 2.45) is 0 Å². The van der Waals surface area contributed by atoms with E-state index < -0.39 is 35.3 Å². The van der Waals surface area contributed by atoms with Gasteiger partial charge in [-0.25, -0.2) is 18.6 Å². The van der Waals surface area contributed by atoms with Crippen LogP contribution in [-0.4, -0.2) is 55.3 Å². The van der Waals surface area contributed by atoms with E-state index in [1.165, 1.54) is 24.1 Å². The topological polar surface area (TPSA) is 81.2 Å². The number of aromatic nitrogens is 1. The summed E-state index contributed by atoms with van der Waals surface area (Å²) in [5.74, 6) is -0.379. The van der Waals surface area contributed by atoms with Gasteiger partial charge in [-0.15, -0.1) is 0 Å². The Morgan fingerprint density at radius 3 is 2.38 bits per heavy atom. The second-order valence-corrected chi connectivity index (χ2v) is 11.4. The van der Waals surface area contributed by atoms with E-state index in [1.54, 1.807) is 14.0 Å². The van der Waals surface area contributed by atoms with E-state index in [-0.39, 0.29) is 24.5 Å². The number of rotatable bonds is 9. The van der Waals surface area contributed by atoms with Crippen LogP contribution in [-0.2, 0) is 26.2 Å². The summed E-state index contributed by atoms with van der Waals surface area (Å²) >= 11 is 0. The van der Waals surface area contributed by atoms with Gasteiger partial charge in [0.2, 0.25) is 0 Å². The Morgan fingerprint density at radius 2 is 1.76 bits per heavy atom. The van der Waals surface area contributed by atoms with Crippen LogP contribution in [0.15, 0.2) is 48.5 Å². The number of nitrogens with zero attached hydrogens (tertiary/aromatic N) is 3. The van der Waals surface area contributed by atoms with E-state index in [2.05, 4.69) is 4.90 Å². The number of carbonyl (C=O) groups excluding carboxylic acids is 2. The van der Waals surface area contributed by atoms with Gasteiger partial charge in [0, 0.05) is 41.3 Å². The first kappa shape index (κ1) is 29.3. The molecule has 2 aromatic carbocycles. The van der Waals surface area contributed by atoms with Crippen LogP contribution in [0, 0.1) is 11.6 Å².